The van der Waals surface area contributed by atoms with Gasteiger partial charge in [-0.2, -0.15) is 4.72 Å². The zero-order valence-electron chi connectivity index (χ0n) is 15.6. The topological polar surface area (TPSA) is 72.5 Å². The van der Waals surface area contributed by atoms with Crippen LogP contribution in [0.15, 0.2) is 83.8 Å². The highest BCUT2D eigenvalue weighted by Crippen LogP contribution is 2.27. The van der Waals surface area contributed by atoms with Gasteiger partial charge in [0, 0.05) is 0 Å². The SMILES string of the molecule is COC(=O)c1cccc(S(=O)(=O)N[C@@H](c2ccccc2)c2ccccc2C)c1. The number of rotatable bonds is 6. The Kier molecular flexibility index (Phi) is 5.92. The van der Waals surface area contributed by atoms with Gasteiger partial charge < -0.3 is 4.74 Å². The van der Waals surface area contributed by atoms with Crippen LogP contribution in [0.4, 0.5) is 0 Å². The molecule has 0 saturated carbocycles. The Bertz CT molecular complexity index is 1080. The summed E-state index contributed by atoms with van der Waals surface area (Å²) in [7, 11) is -2.64. The predicted octanol–water partition coefficient (Wildman–Crippen LogP) is 3.85. The number of methoxy groups -OCH3 is 1. The molecule has 0 aromatic heterocycles. The summed E-state index contributed by atoms with van der Waals surface area (Å²) >= 11 is 0. The van der Waals surface area contributed by atoms with Crippen molar-refractivity contribution in [1.82, 2.24) is 4.72 Å². The average molecular weight is 395 g/mol. The molecule has 6 heteroatoms. The van der Waals surface area contributed by atoms with Gasteiger partial charge in [-0.1, -0.05) is 60.7 Å². The Morgan fingerprint density at radius 2 is 1.61 bits per heavy atom. The number of aryl methyl sites for hydroxylation is 1. The highest BCUT2D eigenvalue weighted by atomic mass is 32.2. The number of benzene rings is 3. The first-order valence-corrected chi connectivity index (χ1v) is 10.2. The van der Waals surface area contributed by atoms with Crippen LogP contribution in [0.3, 0.4) is 0 Å². The van der Waals surface area contributed by atoms with E-state index in [2.05, 4.69) is 9.46 Å². The minimum absolute atomic E-state index is 0.00455. The zero-order valence-corrected chi connectivity index (χ0v) is 16.4. The number of sulfonamides is 1. The van der Waals surface area contributed by atoms with Gasteiger partial charge in [-0.25, -0.2) is 13.2 Å². The maximum Gasteiger partial charge on any atom is 0.337 e. The monoisotopic (exact) mass is 395 g/mol. The molecular weight excluding hydrogens is 374 g/mol. The third kappa shape index (κ3) is 4.30. The molecule has 3 aromatic carbocycles. The molecule has 1 atom stereocenters. The van der Waals surface area contributed by atoms with Gasteiger partial charge in [-0.3, -0.25) is 0 Å². The largest absolute Gasteiger partial charge is 0.465 e. The molecule has 1 N–H and O–H groups in total. The molecule has 0 aliphatic rings. The summed E-state index contributed by atoms with van der Waals surface area (Å²) in [6.07, 6.45) is 0. The van der Waals surface area contributed by atoms with Crippen molar-refractivity contribution in [2.75, 3.05) is 7.11 Å². The highest BCUT2D eigenvalue weighted by Gasteiger charge is 2.24. The third-order valence-corrected chi connectivity index (χ3v) is 5.89. The van der Waals surface area contributed by atoms with Gasteiger partial charge in [0.05, 0.1) is 23.6 Å². The predicted molar refractivity (Wildman–Crippen MR) is 108 cm³/mol. The molecule has 144 valence electrons. The fourth-order valence-corrected chi connectivity index (χ4v) is 4.25. The van der Waals surface area contributed by atoms with Crippen molar-refractivity contribution in [3.05, 3.63) is 101 Å². The van der Waals surface area contributed by atoms with Crippen LogP contribution < -0.4 is 4.72 Å². The molecule has 0 aliphatic heterocycles. The second-order valence-electron chi connectivity index (χ2n) is 6.34. The van der Waals surface area contributed by atoms with Crippen molar-refractivity contribution < 1.29 is 17.9 Å². The molecule has 0 fully saturated rings. The van der Waals surface area contributed by atoms with Crippen molar-refractivity contribution >= 4 is 16.0 Å². The lowest BCUT2D eigenvalue weighted by Gasteiger charge is -2.21. The van der Waals surface area contributed by atoms with E-state index >= 15 is 0 Å². The molecule has 0 aliphatic carbocycles. The maximum absolute atomic E-state index is 13.1. The van der Waals surface area contributed by atoms with Gasteiger partial charge in [-0.05, 0) is 41.8 Å². The van der Waals surface area contributed by atoms with Crippen LogP contribution in [0.2, 0.25) is 0 Å². The molecule has 0 amide bonds. The number of nitrogens with one attached hydrogen (secondary N) is 1. The van der Waals surface area contributed by atoms with E-state index < -0.39 is 22.0 Å². The lowest BCUT2D eigenvalue weighted by molar-refractivity contribution is 0.0600. The van der Waals surface area contributed by atoms with Crippen LogP contribution in [0, 0.1) is 6.92 Å². The third-order valence-electron chi connectivity index (χ3n) is 4.47. The molecule has 0 radical (unpaired) electrons. The van der Waals surface area contributed by atoms with Gasteiger partial charge in [0.15, 0.2) is 0 Å². The number of carbonyl (C=O) groups excluding carboxylic acids is 1. The molecule has 28 heavy (non-hydrogen) atoms. The van der Waals surface area contributed by atoms with Gasteiger partial charge in [0.1, 0.15) is 0 Å². The first kappa shape index (κ1) is 19.8. The smallest absolute Gasteiger partial charge is 0.337 e. The maximum atomic E-state index is 13.1. The summed E-state index contributed by atoms with van der Waals surface area (Å²) in [4.78, 5) is 11.8. The summed E-state index contributed by atoms with van der Waals surface area (Å²) < 4.78 is 33.7. The summed E-state index contributed by atoms with van der Waals surface area (Å²) in [5, 5.41) is 0. The molecule has 3 rings (SSSR count). The first-order valence-electron chi connectivity index (χ1n) is 8.73. The Hall–Kier alpha value is -2.96. The summed E-state index contributed by atoms with van der Waals surface area (Å²) in [5.74, 6) is -0.587. The van der Waals surface area contributed by atoms with Gasteiger partial charge in [0.25, 0.3) is 0 Å². The normalized spacial score (nSPS) is 12.4. The average Bonchev–Trinajstić information content (AvgIpc) is 2.73. The summed E-state index contributed by atoms with van der Waals surface area (Å²) in [5.41, 5.74) is 2.84. The number of hydrogen-bond donors (Lipinski definition) is 1. The van der Waals surface area contributed by atoms with Crippen LogP contribution >= 0.6 is 0 Å². The highest BCUT2D eigenvalue weighted by molar-refractivity contribution is 7.89. The van der Waals surface area contributed by atoms with Crippen LogP contribution in [-0.2, 0) is 14.8 Å². The fraction of sp³-hybridized carbons (Fsp3) is 0.136. The van der Waals surface area contributed by atoms with E-state index in [1.165, 1.54) is 31.4 Å². The first-order chi connectivity index (χ1) is 13.4. The number of esters is 1. The van der Waals surface area contributed by atoms with E-state index in [9.17, 15) is 13.2 Å². The summed E-state index contributed by atoms with van der Waals surface area (Å²) in [6, 6.07) is 22.3. The van der Waals surface area contributed by atoms with Crippen molar-refractivity contribution in [2.24, 2.45) is 0 Å². The fourth-order valence-electron chi connectivity index (χ4n) is 3.00. The minimum atomic E-state index is -3.89. The van der Waals surface area contributed by atoms with Crippen molar-refractivity contribution in [2.45, 2.75) is 17.9 Å². The molecule has 0 bridgehead atoms. The van der Waals surface area contributed by atoms with E-state index in [4.69, 9.17) is 0 Å². The Balaban J connectivity index is 2.03. The van der Waals surface area contributed by atoms with E-state index in [0.29, 0.717) is 0 Å². The number of ether oxygens (including phenoxy) is 1. The van der Waals surface area contributed by atoms with Gasteiger partial charge in [0.2, 0.25) is 10.0 Å². The second kappa shape index (κ2) is 8.37. The van der Waals surface area contributed by atoms with Crippen molar-refractivity contribution in [3.63, 3.8) is 0 Å². The summed E-state index contributed by atoms with van der Waals surface area (Å²) in [6.45, 7) is 1.94. The zero-order chi connectivity index (χ0) is 20.1. The molecule has 0 saturated heterocycles. The van der Waals surface area contributed by atoms with E-state index in [1.807, 2.05) is 61.5 Å². The number of hydrogen-bond acceptors (Lipinski definition) is 4. The Labute approximate surface area is 165 Å². The molecule has 5 nitrogen and oxygen atoms in total. The Morgan fingerprint density at radius 3 is 2.29 bits per heavy atom. The minimum Gasteiger partial charge on any atom is -0.465 e. The lowest BCUT2D eigenvalue weighted by Crippen LogP contribution is -2.30. The van der Waals surface area contributed by atoms with Gasteiger partial charge >= 0.3 is 5.97 Å². The molecule has 3 aromatic rings. The van der Waals surface area contributed by atoms with E-state index in [-0.39, 0.29) is 10.5 Å². The van der Waals surface area contributed by atoms with Crippen LogP contribution in [0.1, 0.15) is 33.1 Å². The van der Waals surface area contributed by atoms with Crippen LogP contribution in [0.5, 0.6) is 0 Å². The molecule has 0 spiro atoms. The molecule has 0 unspecified atom stereocenters. The van der Waals surface area contributed by atoms with E-state index in [0.717, 1.165) is 16.7 Å². The molecular formula is C22H21NO4S. The second-order valence-corrected chi connectivity index (χ2v) is 8.05. The Morgan fingerprint density at radius 1 is 0.929 bits per heavy atom. The van der Waals surface area contributed by atoms with E-state index in [1.54, 1.807) is 0 Å². The van der Waals surface area contributed by atoms with Crippen LogP contribution in [-0.4, -0.2) is 21.5 Å². The van der Waals surface area contributed by atoms with Crippen LogP contribution in [0.25, 0.3) is 0 Å². The lowest BCUT2D eigenvalue weighted by atomic mass is 9.96. The quantitative estimate of drug-likeness (QED) is 0.644. The van der Waals surface area contributed by atoms with Gasteiger partial charge in [-0.15, -0.1) is 0 Å². The number of carbonyl (C=O) groups is 1. The molecule has 0 heterocycles. The van der Waals surface area contributed by atoms with Crippen molar-refractivity contribution in [1.29, 1.82) is 0 Å². The standard InChI is InChI=1S/C22H21NO4S/c1-16-9-6-7-14-20(16)21(17-10-4-3-5-11-17)23-28(25,26)19-13-8-12-18(15-19)22(24)27-2/h3-15,21,23H,1-2H3/t21-/m0/s1. The van der Waals surface area contributed by atoms with Crippen molar-refractivity contribution in [3.8, 4) is 0 Å².